The van der Waals surface area contributed by atoms with Crippen LogP contribution in [0.4, 0.5) is 0 Å². The predicted octanol–water partition coefficient (Wildman–Crippen LogP) is 0.310. The third-order valence-corrected chi connectivity index (χ3v) is 1.60. The SMILES string of the molecule is CCNCCNSN(C)C. The van der Waals surface area contributed by atoms with Gasteiger partial charge in [-0.15, -0.1) is 0 Å². The molecule has 0 spiro atoms. The average Bonchev–Trinajstić information content (AvgIpc) is 1.87. The van der Waals surface area contributed by atoms with Gasteiger partial charge >= 0.3 is 0 Å². The van der Waals surface area contributed by atoms with Gasteiger partial charge < -0.3 is 5.32 Å². The summed E-state index contributed by atoms with van der Waals surface area (Å²) >= 11 is 1.63. The Morgan fingerprint density at radius 2 is 2.00 bits per heavy atom. The van der Waals surface area contributed by atoms with E-state index in [9.17, 15) is 0 Å². The maximum Gasteiger partial charge on any atom is 0.0196 e. The minimum Gasteiger partial charge on any atom is -0.316 e. The van der Waals surface area contributed by atoms with Gasteiger partial charge in [0.1, 0.15) is 0 Å². The van der Waals surface area contributed by atoms with E-state index in [2.05, 4.69) is 17.0 Å². The van der Waals surface area contributed by atoms with Crippen molar-refractivity contribution < 1.29 is 0 Å². The Balaban J connectivity index is 2.77. The third-order valence-electron chi connectivity index (χ3n) is 0.901. The molecule has 0 aromatic rings. The lowest BCUT2D eigenvalue weighted by Crippen LogP contribution is -2.25. The van der Waals surface area contributed by atoms with Crippen molar-refractivity contribution in [3.63, 3.8) is 0 Å². The van der Waals surface area contributed by atoms with Gasteiger partial charge in [0.15, 0.2) is 0 Å². The molecule has 0 heterocycles. The van der Waals surface area contributed by atoms with Crippen LogP contribution in [-0.2, 0) is 0 Å². The van der Waals surface area contributed by atoms with Crippen molar-refractivity contribution in [1.82, 2.24) is 14.3 Å². The Bertz CT molecular complexity index is 68.0. The van der Waals surface area contributed by atoms with E-state index in [1.165, 1.54) is 0 Å². The van der Waals surface area contributed by atoms with Crippen molar-refractivity contribution in [2.75, 3.05) is 33.7 Å². The summed E-state index contributed by atoms with van der Waals surface area (Å²) in [6.07, 6.45) is 0. The molecule has 0 aliphatic rings. The van der Waals surface area contributed by atoms with Gasteiger partial charge in [-0.1, -0.05) is 6.92 Å². The molecule has 0 aliphatic heterocycles. The van der Waals surface area contributed by atoms with Crippen molar-refractivity contribution in [3.8, 4) is 0 Å². The summed E-state index contributed by atoms with van der Waals surface area (Å²) in [4.78, 5) is 0. The van der Waals surface area contributed by atoms with Crippen molar-refractivity contribution in [2.24, 2.45) is 0 Å². The van der Waals surface area contributed by atoms with E-state index < -0.39 is 0 Å². The highest BCUT2D eigenvalue weighted by Crippen LogP contribution is 1.93. The van der Waals surface area contributed by atoms with Crippen molar-refractivity contribution in [3.05, 3.63) is 0 Å². The quantitative estimate of drug-likeness (QED) is 0.435. The molecule has 3 nitrogen and oxygen atoms in total. The molecule has 0 rings (SSSR count). The van der Waals surface area contributed by atoms with E-state index in [0.29, 0.717) is 0 Å². The fraction of sp³-hybridized carbons (Fsp3) is 1.00. The van der Waals surface area contributed by atoms with Crippen LogP contribution < -0.4 is 10.0 Å². The van der Waals surface area contributed by atoms with Gasteiger partial charge in [-0.05, 0) is 20.6 Å². The van der Waals surface area contributed by atoms with Gasteiger partial charge in [0.05, 0.1) is 0 Å². The summed E-state index contributed by atoms with van der Waals surface area (Å²) in [7, 11) is 4.04. The van der Waals surface area contributed by atoms with Crippen LogP contribution in [0.1, 0.15) is 6.92 Å². The van der Waals surface area contributed by atoms with Crippen LogP contribution in [-0.4, -0.2) is 38.0 Å². The van der Waals surface area contributed by atoms with E-state index >= 15 is 0 Å². The van der Waals surface area contributed by atoms with E-state index in [0.717, 1.165) is 19.6 Å². The number of hydrogen-bond donors (Lipinski definition) is 2. The predicted molar refractivity (Wildman–Crippen MR) is 47.8 cm³/mol. The first kappa shape index (κ1) is 10.2. The van der Waals surface area contributed by atoms with Crippen LogP contribution in [0.3, 0.4) is 0 Å². The van der Waals surface area contributed by atoms with Crippen LogP contribution >= 0.6 is 12.1 Å². The number of rotatable bonds is 6. The lowest BCUT2D eigenvalue weighted by Gasteiger charge is -2.08. The van der Waals surface area contributed by atoms with E-state index in [-0.39, 0.29) is 0 Å². The Kier molecular flexibility index (Phi) is 7.51. The van der Waals surface area contributed by atoms with Crippen molar-refractivity contribution in [1.29, 1.82) is 0 Å². The van der Waals surface area contributed by atoms with Crippen molar-refractivity contribution >= 4 is 12.1 Å². The zero-order valence-electron chi connectivity index (χ0n) is 6.98. The lowest BCUT2D eigenvalue weighted by molar-refractivity contribution is 0.672. The Morgan fingerprint density at radius 3 is 2.50 bits per heavy atom. The summed E-state index contributed by atoms with van der Waals surface area (Å²) in [6, 6.07) is 0. The maximum absolute atomic E-state index is 3.23. The fourth-order valence-corrected chi connectivity index (χ4v) is 0.942. The number of nitrogens with one attached hydrogen (secondary N) is 2. The lowest BCUT2D eigenvalue weighted by atomic mass is 10.6. The first-order valence-corrected chi connectivity index (χ1v) is 4.32. The maximum atomic E-state index is 3.23. The van der Waals surface area contributed by atoms with Gasteiger partial charge in [0.2, 0.25) is 0 Å². The van der Waals surface area contributed by atoms with Gasteiger partial charge in [0.25, 0.3) is 0 Å². The molecular weight excluding hydrogens is 146 g/mol. The van der Waals surface area contributed by atoms with Gasteiger partial charge in [-0.2, -0.15) is 0 Å². The second-order valence-electron chi connectivity index (χ2n) is 2.15. The second kappa shape index (κ2) is 7.34. The van der Waals surface area contributed by atoms with Crippen molar-refractivity contribution in [2.45, 2.75) is 6.92 Å². The minimum atomic E-state index is 1.01. The molecule has 0 aromatic carbocycles. The first-order chi connectivity index (χ1) is 4.77. The Morgan fingerprint density at radius 1 is 1.30 bits per heavy atom. The molecule has 0 fully saturated rings. The molecule has 4 heteroatoms. The molecule has 0 amide bonds. The number of likely N-dealkylation sites (N-methyl/N-ethyl adjacent to an activating group) is 1. The highest BCUT2D eigenvalue weighted by Gasteiger charge is 1.87. The van der Waals surface area contributed by atoms with E-state index in [4.69, 9.17) is 0 Å². The molecule has 0 atom stereocenters. The van der Waals surface area contributed by atoms with Gasteiger partial charge in [-0.25, -0.2) is 9.03 Å². The molecule has 0 radical (unpaired) electrons. The van der Waals surface area contributed by atoms with E-state index in [1.54, 1.807) is 12.1 Å². The number of hydrogen-bond acceptors (Lipinski definition) is 4. The molecule has 0 saturated carbocycles. The fourth-order valence-electron chi connectivity index (χ4n) is 0.491. The van der Waals surface area contributed by atoms with Crippen LogP contribution in [0, 0.1) is 0 Å². The Hall–Kier alpha value is 0.230. The van der Waals surface area contributed by atoms with E-state index in [1.807, 2.05) is 18.4 Å². The van der Waals surface area contributed by atoms with Gasteiger partial charge in [-0.3, -0.25) is 0 Å². The average molecular weight is 163 g/mol. The highest BCUT2D eigenvalue weighted by molar-refractivity contribution is 7.95. The normalized spacial score (nSPS) is 10.8. The first-order valence-electron chi connectivity index (χ1n) is 3.55. The smallest absolute Gasteiger partial charge is 0.0196 e. The molecule has 0 aromatic heterocycles. The zero-order chi connectivity index (χ0) is 7.82. The molecule has 0 unspecified atom stereocenters. The summed E-state index contributed by atoms with van der Waals surface area (Å²) in [5, 5.41) is 3.23. The second-order valence-corrected chi connectivity index (χ2v) is 3.35. The standard InChI is InChI=1S/C6H17N3S/c1-4-7-5-6-8-10-9(2)3/h7-8H,4-6H2,1-3H3. The zero-order valence-corrected chi connectivity index (χ0v) is 7.79. The van der Waals surface area contributed by atoms with Crippen LogP contribution in [0.15, 0.2) is 0 Å². The minimum absolute atomic E-state index is 1.01. The Labute approximate surface area is 67.8 Å². The largest absolute Gasteiger partial charge is 0.316 e. The van der Waals surface area contributed by atoms with Crippen LogP contribution in [0.2, 0.25) is 0 Å². The molecule has 62 valence electrons. The third kappa shape index (κ3) is 8.23. The van der Waals surface area contributed by atoms with Gasteiger partial charge in [0, 0.05) is 25.2 Å². The number of nitrogens with zero attached hydrogens (tertiary/aromatic N) is 1. The molecule has 0 aliphatic carbocycles. The summed E-state index contributed by atoms with van der Waals surface area (Å²) in [5.41, 5.74) is 0. The molecular formula is C6H17N3S. The molecule has 0 saturated heterocycles. The summed E-state index contributed by atoms with van der Waals surface area (Å²) in [5.74, 6) is 0. The van der Waals surface area contributed by atoms with Crippen LogP contribution in [0.5, 0.6) is 0 Å². The topological polar surface area (TPSA) is 27.3 Å². The summed E-state index contributed by atoms with van der Waals surface area (Å²) < 4.78 is 5.23. The molecule has 10 heavy (non-hydrogen) atoms. The molecule has 2 N–H and O–H groups in total. The summed E-state index contributed by atoms with van der Waals surface area (Å²) in [6.45, 7) is 5.21. The highest BCUT2D eigenvalue weighted by atomic mass is 32.2. The van der Waals surface area contributed by atoms with Crippen LogP contribution in [0.25, 0.3) is 0 Å². The monoisotopic (exact) mass is 163 g/mol. The molecule has 0 bridgehead atoms.